The van der Waals surface area contributed by atoms with E-state index in [1.54, 1.807) is 6.92 Å². The minimum absolute atomic E-state index is 0.160. The number of halogens is 2. The molecule has 0 aromatic carbocycles. The molecule has 0 spiro atoms. The van der Waals surface area contributed by atoms with Crippen LogP contribution < -0.4 is 5.32 Å². The first kappa shape index (κ1) is 14.7. The molecule has 1 aromatic rings. The van der Waals surface area contributed by atoms with Crippen molar-refractivity contribution in [1.29, 1.82) is 0 Å². The largest absolute Gasteiger partial charge is 0.344 e. The molecule has 0 aliphatic carbocycles. The summed E-state index contributed by atoms with van der Waals surface area (Å²) in [6.07, 6.45) is 0. The average molecular weight is 296 g/mol. The zero-order valence-electron chi connectivity index (χ0n) is 9.96. The van der Waals surface area contributed by atoms with Gasteiger partial charge in [-0.15, -0.1) is 28.3 Å². The fourth-order valence-electron chi connectivity index (χ4n) is 1.17. The Balaban J connectivity index is 2.87. The van der Waals surface area contributed by atoms with E-state index in [1.807, 2.05) is 13.8 Å². The molecule has 0 saturated heterocycles. The summed E-state index contributed by atoms with van der Waals surface area (Å²) in [5, 5.41) is 6.78. The fourth-order valence-corrected chi connectivity index (χ4v) is 2.30. The first-order valence-electron chi connectivity index (χ1n) is 5.20. The Morgan fingerprint density at radius 1 is 1.47 bits per heavy atom. The maximum atomic E-state index is 12.1. The predicted molar refractivity (Wildman–Crippen MR) is 71.3 cm³/mol. The van der Waals surface area contributed by atoms with Gasteiger partial charge >= 0.3 is 0 Å². The summed E-state index contributed by atoms with van der Waals surface area (Å²) in [5.74, 6) is 0.456. The molecule has 0 bridgehead atoms. The second-order valence-corrected chi connectivity index (χ2v) is 5.71. The second kappa shape index (κ2) is 5.98. The van der Waals surface area contributed by atoms with Crippen LogP contribution in [0.4, 0.5) is 0 Å². The van der Waals surface area contributed by atoms with Crippen LogP contribution in [0.2, 0.25) is 0 Å². The van der Waals surface area contributed by atoms with Crippen molar-refractivity contribution in [3.05, 3.63) is 10.6 Å². The van der Waals surface area contributed by atoms with Crippen molar-refractivity contribution >= 4 is 40.6 Å². The van der Waals surface area contributed by atoms with Gasteiger partial charge in [0.2, 0.25) is 0 Å². The monoisotopic (exact) mass is 295 g/mol. The molecule has 0 radical (unpaired) electrons. The lowest BCUT2D eigenvalue weighted by molar-refractivity contribution is 0.0924. The molecule has 0 unspecified atom stereocenters. The van der Waals surface area contributed by atoms with Crippen LogP contribution in [0.25, 0.3) is 0 Å². The minimum atomic E-state index is -0.613. The Morgan fingerprint density at radius 3 is 2.53 bits per heavy atom. The van der Waals surface area contributed by atoms with Gasteiger partial charge in [0.1, 0.15) is 4.88 Å². The van der Waals surface area contributed by atoms with Gasteiger partial charge < -0.3 is 5.32 Å². The highest BCUT2D eigenvalue weighted by atomic mass is 35.5. The molecule has 0 aliphatic heterocycles. The van der Waals surface area contributed by atoms with Crippen molar-refractivity contribution in [2.75, 3.05) is 11.8 Å². The summed E-state index contributed by atoms with van der Waals surface area (Å²) in [7, 11) is 0. The lowest BCUT2D eigenvalue weighted by Crippen LogP contribution is -2.49. The van der Waals surface area contributed by atoms with E-state index in [4.69, 9.17) is 23.2 Å². The van der Waals surface area contributed by atoms with E-state index in [-0.39, 0.29) is 23.6 Å². The second-order valence-electron chi connectivity index (χ2n) is 4.42. The number of alkyl halides is 2. The van der Waals surface area contributed by atoms with E-state index in [0.29, 0.717) is 10.6 Å². The van der Waals surface area contributed by atoms with Gasteiger partial charge in [0.05, 0.1) is 11.2 Å². The quantitative estimate of drug-likeness (QED) is 0.850. The number of hydrogen-bond acceptors (Lipinski definition) is 4. The Morgan fingerprint density at radius 2 is 2.06 bits per heavy atom. The maximum absolute atomic E-state index is 12.1. The first-order chi connectivity index (χ1) is 7.93. The number of nitrogens with one attached hydrogen (secondary N) is 1. The van der Waals surface area contributed by atoms with Crippen LogP contribution in [-0.2, 0) is 0 Å². The molecule has 0 aliphatic rings. The summed E-state index contributed by atoms with van der Waals surface area (Å²) in [5.41, 5.74) is 0.0947. The Labute approximate surface area is 115 Å². The van der Waals surface area contributed by atoms with Crippen LogP contribution in [0.5, 0.6) is 0 Å². The number of nitrogens with zero attached hydrogens (tertiary/aromatic N) is 2. The van der Waals surface area contributed by atoms with Crippen molar-refractivity contribution in [3.63, 3.8) is 0 Å². The predicted octanol–water partition coefficient (Wildman–Crippen LogP) is 2.63. The zero-order valence-corrected chi connectivity index (χ0v) is 12.3. The molecule has 0 saturated carbocycles. The molecule has 1 amide bonds. The molecule has 1 heterocycles. The third kappa shape index (κ3) is 3.53. The molecule has 1 aromatic heterocycles. The van der Waals surface area contributed by atoms with Gasteiger partial charge in [-0.1, -0.05) is 18.3 Å². The van der Waals surface area contributed by atoms with Crippen molar-refractivity contribution in [3.8, 4) is 0 Å². The SMILES string of the molecule is CC(C)c1nnsc1C(=O)NC(C)(CCl)CCl. The molecular weight excluding hydrogens is 281 g/mol. The van der Waals surface area contributed by atoms with Gasteiger partial charge in [-0.2, -0.15) is 0 Å². The van der Waals surface area contributed by atoms with Crippen molar-refractivity contribution in [2.45, 2.75) is 32.2 Å². The van der Waals surface area contributed by atoms with Crippen LogP contribution in [0, 0.1) is 0 Å². The topological polar surface area (TPSA) is 54.9 Å². The number of carbonyl (C=O) groups excluding carboxylic acids is 1. The molecule has 0 fully saturated rings. The van der Waals surface area contributed by atoms with E-state index >= 15 is 0 Å². The molecular formula is C10H15Cl2N3OS. The Hall–Kier alpha value is -0.390. The van der Waals surface area contributed by atoms with Crippen LogP contribution in [0.15, 0.2) is 0 Å². The molecule has 4 nitrogen and oxygen atoms in total. The van der Waals surface area contributed by atoms with Gasteiger partial charge in [-0.3, -0.25) is 4.79 Å². The molecule has 0 atom stereocenters. The highest BCUT2D eigenvalue weighted by Gasteiger charge is 2.27. The van der Waals surface area contributed by atoms with Gasteiger partial charge in [-0.25, -0.2) is 0 Å². The van der Waals surface area contributed by atoms with Crippen LogP contribution >= 0.6 is 34.7 Å². The maximum Gasteiger partial charge on any atom is 0.265 e. The lowest BCUT2D eigenvalue weighted by Gasteiger charge is -2.25. The van der Waals surface area contributed by atoms with E-state index in [2.05, 4.69) is 14.9 Å². The van der Waals surface area contributed by atoms with Crippen LogP contribution in [-0.4, -0.2) is 32.8 Å². The van der Waals surface area contributed by atoms with Crippen molar-refractivity contribution in [2.24, 2.45) is 0 Å². The van der Waals surface area contributed by atoms with Gasteiger partial charge in [0.15, 0.2) is 0 Å². The standard InChI is InChI=1S/C10H15Cl2N3OS/c1-6(2)7-8(17-15-14-7)9(16)13-10(3,4-11)5-12/h6H,4-5H2,1-3H3,(H,13,16). The molecule has 1 rings (SSSR count). The van der Waals surface area contributed by atoms with Crippen molar-refractivity contribution in [1.82, 2.24) is 14.9 Å². The molecule has 7 heteroatoms. The number of hydrogen-bond donors (Lipinski definition) is 1. The number of carbonyl (C=O) groups is 1. The smallest absolute Gasteiger partial charge is 0.265 e. The number of amides is 1. The van der Waals surface area contributed by atoms with Gasteiger partial charge in [0.25, 0.3) is 5.91 Å². The molecule has 96 valence electrons. The van der Waals surface area contributed by atoms with E-state index in [9.17, 15) is 4.79 Å². The van der Waals surface area contributed by atoms with Crippen LogP contribution in [0.3, 0.4) is 0 Å². The highest BCUT2D eigenvalue weighted by molar-refractivity contribution is 7.08. The average Bonchev–Trinajstić information content (AvgIpc) is 2.77. The first-order valence-corrected chi connectivity index (χ1v) is 7.04. The summed E-state index contributed by atoms with van der Waals surface area (Å²) >= 11 is 12.7. The summed E-state index contributed by atoms with van der Waals surface area (Å²) in [4.78, 5) is 12.6. The third-order valence-corrected chi connectivity index (χ3v) is 4.19. The normalized spacial score (nSPS) is 11.9. The Bertz CT molecular complexity index is 391. The summed E-state index contributed by atoms with van der Waals surface area (Å²) < 4.78 is 3.81. The lowest BCUT2D eigenvalue weighted by atomic mass is 10.1. The molecule has 1 N–H and O–H groups in total. The highest BCUT2D eigenvalue weighted by Crippen LogP contribution is 2.20. The third-order valence-electron chi connectivity index (χ3n) is 2.27. The zero-order chi connectivity index (χ0) is 13.1. The van der Waals surface area contributed by atoms with E-state index in [0.717, 1.165) is 11.5 Å². The minimum Gasteiger partial charge on any atom is -0.344 e. The molecule has 17 heavy (non-hydrogen) atoms. The Kier molecular flexibility index (Phi) is 5.16. The number of aromatic nitrogens is 2. The van der Waals surface area contributed by atoms with E-state index in [1.165, 1.54) is 0 Å². The van der Waals surface area contributed by atoms with Crippen molar-refractivity contribution < 1.29 is 4.79 Å². The van der Waals surface area contributed by atoms with Gasteiger partial charge in [0, 0.05) is 11.8 Å². The van der Waals surface area contributed by atoms with E-state index < -0.39 is 5.54 Å². The fraction of sp³-hybridized carbons (Fsp3) is 0.700. The number of rotatable bonds is 5. The van der Waals surface area contributed by atoms with Crippen LogP contribution in [0.1, 0.15) is 42.1 Å². The summed E-state index contributed by atoms with van der Waals surface area (Å²) in [6, 6.07) is 0. The van der Waals surface area contributed by atoms with Gasteiger partial charge in [-0.05, 0) is 24.4 Å². The summed E-state index contributed by atoms with van der Waals surface area (Å²) in [6.45, 7) is 5.74.